The van der Waals surface area contributed by atoms with E-state index in [0.717, 1.165) is 21.5 Å². The molecule has 0 aromatic heterocycles. The number of benzene rings is 4. The predicted molar refractivity (Wildman–Crippen MR) is 146 cm³/mol. The summed E-state index contributed by atoms with van der Waals surface area (Å²) in [4.78, 5) is 21.6. The number of hydrogen-bond donors (Lipinski definition) is 2. The van der Waals surface area contributed by atoms with E-state index < -0.39 is 11.9 Å². The van der Waals surface area contributed by atoms with Crippen LogP contribution in [0, 0.1) is 11.5 Å². The van der Waals surface area contributed by atoms with E-state index in [1.54, 1.807) is 24.3 Å². The Balaban J connectivity index is 0.000000281. The molecule has 1 aliphatic carbocycles. The number of carbonyl (C=O) groups is 2. The van der Waals surface area contributed by atoms with Crippen molar-refractivity contribution in [3.05, 3.63) is 119 Å². The van der Waals surface area contributed by atoms with Gasteiger partial charge in [0.05, 0.1) is 11.1 Å². The van der Waals surface area contributed by atoms with Crippen LogP contribution >= 0.6 is 0 Å². The molecule has 0 unspecified atom stereocenters. The molecule has 5 rings (SSSR count). The second-order valence-corrected chi connectivity index (χ2v) is 9.29. The van der Waals surface area contributed by atoms with E-state index in [-0.39, 0.29) is 39.5 Å². The van der Waals surface area contributed by atoms with E-state index in [1.807, 2.05) is 60.7 Å². The Hall–Kier alpha value is -3.18. The maximum absolute atomic E-state index is 10.8. The van der Waals surface area contributed by atoms with Gasteiger partial charge in [-0.05, 0) is 33.7 Å². The molecule has 0 atom stereocenters. The largest absolute Gasteiger partial charge is 2.00 e. The SMILES string of the molecule is CC1=[C-]C(C)(C)C(C)=C1C.O=C(O)c1cccc2ccccc12.O=C(O)c1cccc2ccccc12.[Cl-].[Ti+2]. The average Bonchev–Trinajstić information content (AvgIpc) is 3.04. The van der Waals surface area contributed by atoms with E-state index in [2.05, 4.69) is 40.7 Å². The van der Waals surface area contributed by atoms with Gasteiger partial charge in [0.15, 0.2) is 0 Å². The summed E-state index contributed by atoms with van der Waals surface area (Å²) in [5.41, 5.74) is 5.11. The number of allylic oxidation sites excluding steroid dienone is 4. The second-order valence-electron chi connectivity index (χ2n) is 9.29. The monoisotopic (exact) mass is 562 g/mol. The minimum atomic E-state index is -0.878. The molecule has 0 saturated carbocycles. The van der Waals surface area contributed by atoms with E-state index in [1.165, 1.54) is 16.7 Å². The normalized spacial score (nSPS) is 13.1. The summed E-state index contributed by atoms with van der Waals surface area (Å²) in [6, 6.07) is 25.5. The van der Waals surface area contributed by atoms with Crippen LogP contribution in [0.3, 0.4) is 0 Å². The van der Waals surface area contributed by atoms with Gasteiger partial charge in [-0.2, -0.15) is 11.1 Å². The van der Waals surface area contributed by atoms with E-state index in [9.17, 15) is 9.59 Å². The van der Waals surface area contributed by atoms with Crippen molar-refractivity contribution in [3.8, 4) is 0 Å². The molecule has 1 aliphatic rings. The molecule has 194 valence electrons. The third-order valence-electron chi connectivity index (χ3n) is 6.60. The van der Waals surface area contributed by atoms with Crippen LogP contribution in [0.15, 0.2) is 102 Å². The zero-order valence-corrected chi connectivity index (χ0v) is 24.5. The molecule has 0 radical (unpaired) electrons. The minimum Gasteiger partial charge on any atom is -1.00 e. The first-order valence-corrected chi connectivity index (χ1v) is 11.7. The van der Waals surface area contributed by atoms with Crippen LogP contribution in [0.25, 0.3) is 21.5 Å². The Morgan fingerprint density at radius 2 is 1.03 bits per heavy atom. The Morgan fingerprint density at radius 1 is 0.658 bits per heavy atom. The smallest absolute Gasteiger partial charge is 1.00 e. The van der Waals surface area contributed by atoms with Gasteiger partial charge >= 0.3 is 33.7 Å². The minimum absolute atomic E-state index is 0. The molecule has 0 aliphatic heterocycles. The van der Waals surface area contributed by atoms with Crippen LogP contribution in [0.4, 0.5) is 0 Å². The summed E-state index contributed by atoms with van der Waals surface area (Å²) >= 11 is 0. The van der Waals surface area contributed by atoms with Crippen molar-refractivity contribution in [2.75, 3.05) is 0 Å². The molecule has 0 saturated heterocycles. The first-order valence-electron chi connectivity index (χ1n) is 11.7. The molecule has 4 aromatic rings. The molecule has 0 amide bonds. The van der Waals surface area contributed by atoms with Gasteiger partial charge in [0.25, 0.3) is 0 Å². The molecule has 2 N–H and O–H groups in total. The summed E-state index contributed by atoms with van der Waals surface area (Å²) in [6.07, 6.45) is 3.44. The van der Waals surface area contributed by atoms with Crippen molar-refractivity contribution in [2.24, 2.45) is 5.41 Å². The Kier molecular flexibility index (Phi) is 12.2. The van der Waals surface area contributed by atoms with Crippen molar-refractivity contribution in [1.82, 2.24) is 0 Å². The zero-order chi connectivity index (χ0) is 26.5. The van der Waals surface area contributed by atoms with Gasteiger partial charge in [0.2, 0.25) is 0 Å². The molecular formula is C32H31ClO4Ti. The topological polar surface area (TPSA) is 74.6 Å². The Morgan fingerprint density at radius 3 is 1.32 bits per heavy atom. The van der Waals surface area contributed by atoms with Crippen molar-refractivity contribution in [1.29, 1.82) is 0 Å². The fourth-order valence-electron chi connectivity index (χ4n) is 4.23. The molecular weight excluding hydrogens is 532 g/mol. The Labute approximate surface area is 245 Å². The van der Waals surface area contributed by atoms with Crippen molar-refractivity contribution < 1.29 is 53.9 Å². The first-order chi connectivity index (χ1) is 17.0. The summed E-state index contributed by atoms with van der Waals surface area (Å²) in [5, 5.41) is 21.3. The second kappa shape index (κ2) is 14.1. The predicted octanol–water partition coefficient (Wildman–Crippen LogP) is 5.19. The van der Waals surface area contributed by atoms with Crippen LogP contribution in [0.1, 0.15) is 55.3 Å². The summed E-state index contributed by atoms with van der Waals surface area (Å²) in [7, 11) is 0. The Bertz CT molecular complexity index is 1400. The first kappa shape index (κ1) is 32.9. The molecule has 38 heavy (non-hydrogen) atoms. The maximum Gasteiger partial charge on any atom is 2.00 e. The molecule has 0 bridgehead atoms. The number of fused-ring (bicyclic) bond motifs is 2. The van der Waals surface area contributed by atoms with Gasteiger partial charge in [-0.3, -0.25) is 6.08 Å². The molecule has 4 nitrogen and oxygen atoms in total. The van der Waals surface area contributed by atoms with E-state index in [4.69, 9.17) is 10.2 Å². The number of carboxylic acid groups (broad SMARTS) is 2. The van der Waals surface area contributed by atoms with Crippen LogP contribution in [-0.4, -0.2) is 22.2 Å². The summed E-state index contributed by atoms with van der Waals surface area (Å²) in [6.45, 7) is 10.9. The summed E-state index contributed by atoms with van der Waals surface area (Å²) < 4.78 is 0. The molecule has 4 aromatic carbocycles. The van der Waals surface area contributed by atoms with Gasteiger partial charge in [-0.25, -0.2) is 15.2 Å². The van der Waals surface area contributed by atoms with Crippen LogP contribution < -0.4 is 12.4 Å². The van der Waals surface area contributed by atoms with Crippen molar-refractivity contribution in [3.63, 3.8) is 0 Å². The van der Waals surface area contributed by atoms with Crippen molar-refractivity contribution >= 4 is 33.5 Å². The van der Waals surface area contributed by atoms with Gasteiger partial charge in [-0.15, -0.1) is 6.92 Å². The van der Waals surface area contributed by atoms with E-state index in [0.29, 0.717) is 11.1 Å². The average molecular weight is 563 g/mol. The van der Waals surface area contributed by atoms with Gasteiger partial charge in [0.1, 0.15) is 0 Å². The maximum atomic E-state index is 10.8. The quantitative estimate of drug-likeness (QED) is 0.261. The van der Waals surface area contributed by atoms with Gasteiger partial charge < -0.3 is 22.6 Å². The van der Waals surface area contributed by atoms with Crippen LogP contribution in [-0.2, 0) is 21.7 Å². The summed E-state index contributed by atoms with van der Waals surface area (Å²) in [5.74, 6) is -1.76. The fraction of sp³-hybridized carbons (Fsp3) is 0.188. The van der Waals surface area contributed by atoms with Crippen LogP contribution in [0.5, 0.6) is 0 Å². The van der Waals surface area contributed by atoms with Crippen molar-refractivity contribution in [2.45, 2.75) is 34.6 Å². The standard InChI is InChI=1S/2C11H8O2.C10H15.ClH.Ti/c2*12-11(13)10-7-3-5-8-4-1-2-6-9(8)10;1-7-6-10(4,5)9(3)8(7)2;;/h2*1-7H,(H,12,13);1-5H3;1H;/q;;-1;;+2/p-1. The fourth-order valence-corrected chi connectivity index (χ4v) is 4.23. The molecule has 0 heterocycles. The molecule has 0 fully saturated rings. The molecule has 0 spiro atoms. The zero-order valence-electron chi connectivity index (χ0n) is 22.2. The van der Waals surface area contributed by atoms with Crippen LogP contribution in [0.2, 0.25) is 0 Å². The number of aromatic carboxylic acids is 2. The van der Waals surface area contributed by atoms with E-state index >= 15 is 0 Å². The number of rotatable bonds is 2. The molecule has 6 heteroatoms. The number of hydrogen-bond acceptors (Lipinski definition) is 2. The van der Waals surface area contributed by atoms with Gasteiger partial charge in [0, 0.05) is 0 Å². The van der Waals surface area contributed by atoms with Gasteiger partial charge in [-0.1, -0.05) is 106 Å². The number of carboxylic acids is 2. The third-order valence-corrected chi connectivity index (χ3v) is 6.60. The third kappa shape index (κ3) is 7.67. The number of halogens is 1.